The van der Waals surface area contributed by atoms with Crippen molar-refractivity contribution in [2.45, 2.75) is 30.4 Å². The monoisotopic (exact) mass is 277 g/mol. The highest BCUT2D eigenvalue weighted by atomic mass is 35.5. The molecule has 0 saturated carbocycles. The molecule has 1 aromatic carbocycles. The van der Waals surface area contributed by atoms with Gasteiger partial charge in [-0.2, -0.15) is 0 Å². The summed E-state index contributed by atoms with van der Waals surface area (Å²) in [6, 6.07) is 14.5. The number of nitrogens with zero attached hydrogens (tertiary/aromatic N) is 1. The number of hydrogen-bond acceptors (Lipinski definition) is 2. The molecule has 0 saturated heterocycles. The maximum absolute atomic E-state index is 5.86. The average molecular weight is 278 g/mol. The number of halogens is 1. The number of aromatic nitrogens is 1. The van der Waals surface area contributed by atoms with E-state index in [1.165, 1.54) is 10.5 Å². The van der Waals surface area contributed by atoms with Crippen LogP contribution in [0.1, 0.15) is 31.0 Å². The Morgan fingerprint density at radius 2 is 1.83 bits per heavy atom. The summed E-state index contributed by atoms with van der Waals surface area (Å²) in [4.78, 5) is 5.54. The van der Waals surface area contributed by atoms with Gasteiger partial charge < -0.3 is 0 Å². The van der Waals surface area contributed by atoms with Crippen LogP contribution in [-0.2, 0) is 5.75 Å². The molecular weight excluding hydrogens is 262 g/mol. The quantitative estimate of drug-likeness (QED) is 0.566. The van der Waals surface area contributed by atoms with Gasteiger partial charge in [0.15, 0.2) is 0 Å². The minimum Gasteiger partial charge on any atom is -0.240 e. The van der Waals surface area contributed by atoms with Crippen molar-refractivity contribution < 1.29 is 0 Å². The molecule has 0 atom stereocenters. The average Bonchev–Trinajstić information content (AvgIpc) is 2.37. The molecule has 1 aromatic heterocycles. The molecule has 0 unspecified atom stereocenters. The van der Waals surface area contributed by atoms with Gasteiger partial charge in [0.05, 0.1) is 5.69 Å². The second-order valence-corrected chi connectivity index (χ2v) is 5.90. The zero-order valence-electron chi connectivity index (χ0n) is 10.6. The summed E-state index contributed by atoms with van der Waals surface area (Å²) in [7, 11) is 0. The molecule has 0 aliphatic rings. The van der Waals surface area contributed by atoms with E-state index in [2.05, 4.69) is 43.1 Å². The summed E-state index contributed by atoms with van der Waals surface area (Å²) >= 11 is 7.64. The predicted molar refractivity (Wildman–Crippen MR) is 79.3 cm³/mol. The molecule has 0 aliphatic carbocycles. The van der Waals surface area contributed by atoms with E-state index < -0.39 is 0 Å². The van der Waals surface area contributed by atoms with Crippen molar-refractivity contribution in [2.24, 2.45) is 0 Å². The zero-order valence-corrected chi connectivity index (χ0v) is 12.1. The van der Waals surface area contributed by atoms with Crippen molar-refractivity contribution in [1.29, 1.82) is 0 Å². The molecule has 2 rings (SSSR count). The third-order valence-corrected chi connectivity index (χ3v) is 3.96. The Morgan fingerprint density at radius 1 is 1.11 bits per heavy atom. The Balaban J connectivity index is 1.98. The first kappa shape index (κ1) is 13.4. The van der Waals surface area contributed by atoms with Gasteiger partial charge in [0.2, 0.25) is 0 Å². The van der Waals surface area contributed by atoms with E-state index in [4.69, 9.17) is 11.6 Å². The number of hydrogen-bond donors (Lipinski definition) is 0. The molecule has 94 valence electrons. The van der Waals surface area contributed by atoms with Crippen molar-refractivity contribution in [1.82, 2.24) is 4.98 Å². The first-order valence-corrected chi connectivity index (χ1v) is 7.35. The fourth-order valence-corrected chi connectivity index (χ4v) is 2.62. The molecule has 1 nitrogen and oxygen atoms in total. The van der Waals surface area contributed by atoms with Crippen molar-refractivity contribution in [3.63, 3.8) is 0 Å². The Hall–Kier alpha value is -0.990. The van der Waals surface area contributed by atoms with E-state index in [-0.39, 0.29) is 0 Å². The van der Waals surface area contributed by atoms with Crippen LogP contribution >= 0.6 is 23.4 Å². The van der Waals surface area contributed by atoms with Gasteiger partial charge in [-0.1, -0.05) is 43.6 Å². The summed E-state index contributed by atoms with van der Waals surface area (Å²) in [6.45, 7) is 4.41. The SMILES string of the molecule is CC(C)c1ccc(SCc2cccc(Cl)n2)cc1. The van der Waals surface area contributed by atoms with Gasteiger partial charge in [0.1, 0.15) is 5.15 Å². The van der Waals surface area contributed by atoms with Gasteiger partial charge in [-0.05, 0) is 35.7 Å². The van der Waals surface area contributed by atoms with Crippen LogP contribution in [0.5, 0.6) is 0 Å². The highest BCUT2D eigenvalue weighted by Gasteiger charge is 2.01. The summed E-state index contributed by atoms with van der Waals surface area (Å²) in [5, 5.41) is 0.559. The van der Waals surface area contributed by atoms with Gasteiger partial charge in [0, 0.05) is 10.6 Å². The summed E-state index contributed by atoms with van der Waals surface area (Å²) in [5.41, 5.74) is 2.39. The van der Waals surface area contributed by atoms with Gasteiger partial charge in [-0.3, -0.25) is 0 Å². The number of benzene rings is 1. The molecule has 0 bridgehead atoms. The van der Waals surface area contributed by atoms with Crippen molar-refractivity contribution in [3.05, 3.63) is 58.9 Å². The first-order chi connectivity index (χ1) is 8.65. The maximum Gasteiger partial charge on any atom is 0.129 e. The van der Waals surface area contributed by atoms with Crippen LogP contribution in [0.4, 0.5) is 0 Å². The Morgan fingerprint density at radius 3 is 2.44 bits per heavy atom. The lowest BCUT2D eigenvalue weighted by Gasteiger charge is -2.06. The van der Waals surface area contributed by atoms with E-state index in [0.717, 1.165) is 11.4 Å². The van der Waals surface area contributed by atoms with Crippen LogP contribution in [0.15, 0.2) is 47.4 Å². The smallest absolute Gasteiger partial charge is 0.129 e. The van der Waals surface area contributed by atoms with E-state index in [1.54, 1.807) is 17.8 Å². The van der Waals surface area contributed by atoms with Crippen molar-refractivity contribution in [3.8, 4) is 0 Å². The lowest BCUT2D eigenvalue weighted by molar-refractivity contribution is 0.865. The van der Waals surface area contributed by atoms with E-state index in [0.29, 0.717) is 11.1 Å². The van der Waals surface area contributed by atoms with Crippen molar-refractivity contribution >= 4 is 23.4 Å². The van der Waals surface area contributed by atoms with Crippen LogP contribution in [0, 0.1) is 0 Å². The molecule has 0 radical (unpaired) electrons. The van der Waals surface area contributed by atoms with Crippen molar-refractivity contribution in [2.75, 3.05) is 0 Å². The molecule has 1 heterocycles. The molecular formula is C15H16ClNS. The van der Waals surface area contributed by atoms with Crippen LogP contribution in [0.2, 0.25) is 5.15 Å². The second kappa shape index (κ2) is 6.26. The summed E-state index contributed by atoms with van der Waals surface area (Å²) in [6.07, 6.45) is 0. The van der Waals surface area contributed by atoms with Crippen LogP contribution < -0.4 is 0 Å². The molecule has 3 heteroatoms. The summed E-state index contributed by atoms with van der Waals surface area (Å²) in [5.74, 6) is 1.43. The lowest BCUT2D eigenvalue weighted by Crippen LogP contribution is -1.88. The van der Waals surface area contributed by atoms with Gasteiger partial charge in [-0.25, -0.2) is 4.98 Å². The number of thioether (sulfide) groups is 1. The third-order valence-electron chi connectivity index (χ3n) is 2.71. The fourth-order valence-electron chi connectivity index (χ4n) is 1.64. The van der Waals surface area contributed by atoms with E-state index >= 15 is 0 Å². The summed E-state index contributed by atoms with van der Waals surface area (Å²) < 4.78 is 0. The van der Waals surface area contributed by atoms with Crippen LogP contribution in [0.25, 0.3) is 0 Å². The molecule has 0 aliphatic heterocycles. The Kier molecular flexibility index (Phi) is 4.67. The van der Waals surface area contributed by atoms with Crippen LogP contribution in [0.3, 0.4) is 0 Å². The number of rotatable bonds is 4. The Bertz CT molecular complexity index is 508. The third kappa shape index (κ3) is 3.76. The maximum atomic E-state index is 5.86. The number of pyridine rings is 1. The fraction of sp³-hybridized carbons (Fsp3) is 0.267. The normalized spacial score (nSPS) is 10.9. The Labute approximate surface area is 118 Å². The highest BCUT2D eigenvalue weighted by Crippen LogP contribution is 2.24. The molecule has 0 fully saturated rings. The molecule has 0 spiro atoms. The minimum absolute atomic E-state index is 0.559. The predicted octanol–water partition coefficient (Wildman–Crippen LogP) is 5.15. The zero-order chi connectivity index (χ0) is 13.0. The minimum atomic E-state index is 0.559. The standard InChI is InChI=1S/C15H16ClNS/c1-11(2)12-6-8-14(9-7-12)18-10-13-4-3-5-15(16)17-13/h3-9,11H,10H2,1-2H3. The molecule has 0 amide bonds. The van der Waals surface area contributed by atoms with Gasteiger partial charge in [-0.15, -0.1) is 11.8 Å². The van der Waals surface area contributed by atoms with E-state index in [1.807, 2.05) is 12.1 Å². The molecule has 2 aromatic rings. The lowest BCUT2D eigenvalue weighted by atomic mass is 10.0. The molecule has 0 N–H and O–H groups in total. The topological polar surface area (TPSA) is 12.9 Å². The first-order valence-electron chi connectivity index (χ1n) is 5.99. The van der Waals surface area contributed by atoms with Gasteiger partial charge >= 0.3 is 0 Å². The van der Waals surface area contributed by atoms with Crippen LogP contribution in [-0.4, -0.2) is 4.98 Å². The highest BCUT2D eigenvalue weighted by molar-refractivity contribution is 7.98. The van der Waals surface area contributed by atoms with Gasteiger partial charge in [0.25, 0.3) is 0 Å². The van der Waals surface area contributed by atoms with E-state index in [9.17, 15) is 0 Å². The second-order valence-electron chi connectivity index (χ2n) is 4.46. The largest absolute Gasteiger partial charge is 0.240 e. The molecule has 18 heavy (non-hydrogen) atoms.